The summed E-state index contributed by atoms with van der Waals surface area (Å²) >= 11 is 1.04. The van der Waals surface area contributed by atoms with Crippen LogP contribution in [0.25, 0.3) is 0 Å². The van der Waals surface area contributed by atoms with Crippen LogP contribution in [0.5, 0.6) is 5.75 Å². The molecule has 0 bridgehead atoms. The molecule has 1 heterocycles. The summed E-state index contributed by atoms with van der Waals surface area (Å²) in [7, 11) is 1.61. The number of carbonyl (C=O) groups excluding carboxylic acids is 2. The Hall–Kier alpha value is -2.49. The monoisotopic (exact) mass is 437 g/mol. The number of nitrogens with one attached hydrogen (secondary N) is 2. The lowest BCUT2D eigenvalue weighted by atomic mass is 9.82. The van der Waals surface area contributed by atoms with Gasteiger partial charge in [-0.3, -0.25) is 9.59 Å². The highest BCUT2D eigenvalue weighted by atomic mass is 32.2. The fourth-order valence-electron chi connectivity index (χ4n) is 3.98. The molecule has 2 atom stereocenters. The lowest BCUT2D eigenvalue weighted by molar-refractivity contribution is -0.759. The standard InChI is InChI=1S/C20H27N3O6S/c1-28-16-8-6-13(7-9-16)10-17-18(30-20(25)22-17)19(24)21-11-14-2-4-15(5-3-14)12-29-23(26)27/h6-9,14-15,17-18H,2-5,10-12H2,1H3,(H,21,24)(H,22,25). The predicted molar refractivity (Wildman–Crippen MR) is 112 cm³/mol. The maximum Gasteiger partial charge on any atom is 0.294 e. The first-order valence-electron chi connectivity index (χ1n) is 10.1. The summed E-state index contributed by atoms with van der Waals surface area (Å²) in [5.74, 6) is 1.17. The second-order valence-corrected chi connectivity index (χ2v) is 8.89. The van der Waals surface area contributed by atoms with Gasteiger partial charge in [0.05, 0.1) is 19.8 Å². The average Bonchev–Trinajstić information content (AvgIpc) is 3.12. The Morgan fingerprint density at radius 3 is 2.53 bits per heavy atom. The number of rotatable bonds is 9. The molecule has 1 saturated carbocycles. The molecule has 0 spiro atoms. The van der Waals surface area contributed by atoms with Gasteiger partial charge >= 0.3 is 0 Å². The van der Waals surface area contributed by atoms with E-state index in [-0.39, 0.29) is 29.7 Å². The molecule has 3 rings (SSSR count). The van der Waals surface area contributed by atoms with E-state index in [0.29, 0.717) is 18.9 Å². The van der Waals surface area contributed by atoms with E-state index >= 15 is 0 Å². The third kappa shape index (κ3) is 6.25. The number of nitrogens with zero attached hydrogens (tertiary/aromatic N) is 1. The Bertz CT molecular complexity index is 751. The maximum absolute atomic E-state index is 12.7. The molecule has 0 radical (unpaired) electrons. The van der Waals surface area contributed by atoms with Gasteiger partial charge in [0, 0.05) is 6.54 Å². The van der Waals surface area contributed by atoms with Gasteiger partial charge in [-0.15, -0.1) is 10.1 Å². The molecule has 1 saturated heterocycles. The number of hydrogen-bond donors (Lipinski definition) is 2. The minimum absolute atomic E-state index is 0.129. The number of benzene rings is 1. The van der Waals surface area contributed by atoms with Gasteiger partial charge in [-0.1, -0.05) is 12.1 Å². The number of carbonyl (C=O) groups is 2. The molecule has 1 aliphatic carbocycles. The van der Waals surface area contributed by atoms with Crippen LogP contribution >= 0.6 is 11.8 Å². The quantitative estimate of drug-likeness (QED) is 0.450. The molecule has 1 aliphatic heterocycles. The highest BCUT2D eigenvalue weighted by Crippen LogP contribution is 2.30. The molecule has 164 valence electrons. The first-order valence-corrected chi connectivity index (χ1v) is 11.0. The van der Waals surface area contributed by atoms with Gasteiger partial charge in [0.2, 0.25) is 5.91 Å². The number of methoxy groups -OCH3 is 1. The van der Waals surface area contributed by atoms with Gasteiger partial charge in [-0.25, -0.2) is 0 Å². The Balaban J connectivity index is 1.45. The van der Waals surface area contributed by atoms with Gasteiger partial charge in [0.15, 0.2) is 0 Å². The van der Waals surface area contributed by atoms with Crippen molar-refractivity contribution in [1.82, 2.24) is 10.6 Å². The maximum atomic E-state index is 12.7. The van der Waals surface area contributed by atoms with Crippen LogP contribution in [0.4, 0.5) is 4.79 Å². The molecule has 2 fully saturated rings. The Morgan fingerprint density at radius 2 is 1.90 bits per heavy atom. The molecule has 2 unspecified atom stereocenters. The van der Waals surface area contributed by atoms with Crippen molar-refractivity contribution in [3.63, 3.8) is 0 Å². The zero-order valence-electron chi connectivity index (χ0n) is 16.9. The summed E-state index contributed by atoms with van der Waals surface area (Å²) < 4.78 is 5.16. The fraction of sp³-hybridized carbons (Fsp3) is 0.600. The van der Waals surface area contributed by atoms with Gasteiger partial charge < -0.3 is 20.2 Å². The Morgan fingerprint density at radius 1 is 1.23 bits per heavy atom. The van der Waals surface area contributed by atoms with Crippen LogP contribution in [-0.2, 0) is 16.1 Å². The highest BCUT2D eigenvalue weighted by Gasteiger charge is 2.38. The van der Waals surface area contributed by atoms with Crippen molar-refractivity contribution in [1.29, 1.82) is 0 Å². The van der Waals surface area contributed by atoms with E-state index in [1.165, 1.54) is 0 Å². The van der Waals surface area contributed by atoms with Crippen molar-refractivity contribution >= 4 is 22.9 Å². The molecule has 2 aliphatic rings. The number of thioether (sulfide) groups is 1. The first-order chi connectivity index (χ1) is 14.4. The van der Waals surface area contributed by atoms with E-state index in [9.17, 15) is 19.7 Å². The SMILES string of the molecule is COc1ccc(CC2NC(=O)SC2C(=O)NCC2CCC(CO[N+](=O)[O-])CC2)cc1. The third-order valence-corrected chi connectivity index (χ3v) is 6.85. The summed E-state index contributed by atoms with van der Waals surface area (Å²) in [6, 6.07) is 7.34. The third-order valence-electron chi connectivity index (χ3n) is 5.72. The molecule has 1 aromatic carbocycles. The highest BCUT2D eigenvalue weighted by molar-refractivity contribution is 8.15. The smallest absolute Gasteiger partial charge is 0.294 e. The Kier molecular flexibility index (Phi) is 7.78. The topological polar surface area (TPSA) is 120 Å². The van der Waals surface area contributed by atoms with Crippen LogP contribution in [0, 0.1) is 22.0 Å². The molecular weight excluding hydrogens is 410 g/mol. The van der Waals surface area contributed by atoms with E-state index < -0.39 is 10.3 Å². The molecular formula is C20H27N3O6S. The summed E-state index contributed by atoms with van der Waals surface area (Å²) in [4.78, 5) is 39.4. The molecule has 1 aromatic rings. The zero-order valence-corrected chi connectivity index (χ0v) is 17.7. The minimum Gasteiger partial charge on any atom is -0.497 e. The van der Waals surface area contributed by atoms with Crippen molar-refractivity contribution in [2.75, 3.05) is 20.3 Å². The number of amides is 2. The molecule has 9 nitrogen and oxygen atoms in total. The lowest BCUT2D eigenvalue weighted by Crippen LogP contribution is -2.44. The molecule has 10 heteroatoms. The molecule has 2 amide bonds. The van der Waals surface area contributed by atoms with Crippen LogP contribution < -0.4 is 15.4 Å². The van der Waals surface area contributed by atoms with Gasteiger partial charge in [0.1, 0.15) is 11.0 Å². The molecule has 30 heavy (non-hydrogen) atoms. The molecule has 2 N–H and O–H groups in total. The van der Waals surface area contributed by atoms with E-state index in [4.69, 9.17) is 4.74 Å². The normalized spacial score (nSPS) is 26.0. The average molecular weight is 438 g/mol. The minimum atomic E-state index is -0.747. The Labute approximate surface area is 179 Å². The van der Waals surface area contributed by atoms with Crippen molar-refractivity contribution in [3.8, 4) is 5.75 Å². The second-order valence-electron chi connectivity index (χ2n) is 7.78. The van der Waals surface area contributed by atoms with Crippen LogP contribution in [-0.4, -0.2) is 47.8 Å². The van der Waals surface area contributed by atoms with Crippen molar-refractivity contribution in [3.05, 3.63) is 39.9 Å². The second kappa shape index (κ2) is 10.5. The van der Waals surface area contributed by atoms with Crippen LogP contribution in [0.1, 0.15) is 31.2 Å². The number of hydrogen-bond acceptors (Lipinski definition) is 7. The van der Waals surface area contributed by atoms with Crippen LogP contribution in [0.15, 0.2) is 24.3 Å². The van der Waals surface area contributed by atoms with Crippen molar-refractivity contribution in [2.24, 2.45) is 11.8 Å². The van der Waals surface area contributed by atoms with Crippen LogP contribution in [0.3, 0.4) is 0 Å². The van der Waals surface area contributed by atoms with E-state index in [1.54, 1.807) is 7.11 Å². The van der Waals surface area contributed by atoms with Gasteiger partial charge in [0.25, 0.3) is 10.3 Å². The van der Waals surface area contributed by atoms with Crippen molar-refractivity contribution in [2.45, 2.75) is 43.4 Å². The predicted octanol–water partition coefficient (Wildman–Crippen LogP) is 2.56. The van der Waals surface area contributed by atoms with Crippen LogP contribution in [0.2, 0.25) is 0 Å². The summed E-state index contributed by atoms with van der Waals surface area (Å²) in [6.07, 6.45) is 4.08. The summed E-state index contributed by atoms with van der Waals surface area (Å²) in [6.45, 7) is 0.702. The first kappa shape index (κ1) is 22.2. The molecule has 0 aromatic heterocycles. The van der Waals surface area contributed by atoms with E-state index in [2.05, 4.69) is 15.5 Å². The van der Waals surface area contributed by atoms with E-state index in [0.717, 1.165) is 48.8 Å². The fourth-order valence-corrected chi connectivity index (χ4v) is 4.95. The summed E-state index contributed by atoms with van der Waals surface area (Å²) in [5.41, 5.74) is 1.02. The van der Waals surface area contributed by atoms with Gasteiger partial charge in [-0.2, -0.15) is 0 Å². The summed E-state index contributed by atoms with van der Waals surface area (Å²) in [5, 5.41) is 14.8. The van der Waals surface area contributed by atoms with Gasteiger partial charge in [-0.05, 0) is 73.4 Å². The zero-order chi connectivity index (χ0) is 21.5. The van der Waals surface area contributed by atoms with Crippen molar-refractivity contribution < 1.29 is 24.3 Å². The largest absolute Gasteiger partial charge is 0.497 e. The number of ether oxygens (including phenoxy) is 1. The lowest BCUT2D eigenvalue weighted by Gasteiger charge is -2.28. The van der Waals surface area contributed by atoms with E-state index in [1.807, 2.05) is 24.3 Å².